The number of nitrogens with zero attached hydrogens (tertiary/aromatic N) is 1. The number of carboxylic acids is 1. The van der Waals surface area contributed by atoms with Crippen LogP contribution in [0, 0.1) is 0 Å². The monoisotopic (exact) mass is 235 g/mol. The molecular formula is C7H9NO4S2. The molecule has 0 radical (unpaired) electrons. The number of carbonyl (C=O) groups is 1. The third kappa shape index (κ3) is 1.94. The van der Waals surface area contributed by atoms with E-state index in [-0.39, 0.29) is 9.77 Å². The summed E-state index contributed by atoms with van der Waals surface area (Å²) in [5, 5.41) is 9.92. The van der Waals surface area contributed by atoms with Gasteiger partial charge in [0.2, 0.25) is 10.0 Å². The van der Waals surface area contributed by atoms with Crippen molar-refractivity contribution < 1.29 is 18.3 Å². The van der Waals surface area contributed by atoms with Crippen LogP contribution in [0.25, 0.3) is 0 Å². The SMILES string of the molecule is CN(C)S(=O)(=O)c1csc(C(=O)O)c1. The lowest BCUT2D eigenvalue weighted by molar-refractivity contribution is 0.0702. The van der Waals surface area contributed by atoms with Gasteiger partial charge in [0.1, 0.15) is 4.88 Å². The standard InChI is InChI=1S/C7H9NO4S2/c1-8(2)14(11,12)5-3-6(7(9)10)13-4-5/h3-4H,1-2H3,(H,9,10). The molecule has 0 fully saturated rings. The summed E-state index contributed by atoms with van der Waals surface area (Å²) in [5.41, 5.74) is 0. The minimum absolute atomic E-state index is 0.0184. The topological polar surface area (TPSA) is 74.7 Å². The van der Waals surface area contributed by atoms with Gasteiger partial charge in [0.05, 0.1) is 4.90 Å². The van der Waals surface area contributed by atoms with Gasteiger partial charge >= 0.3 is 5.97 Å². The Bertz CT molecular complexity index is 446. The molecule has 0 saturated carbocycles. The van der Waals surface area contributed by atoms with E-state index < -0.39 is 16.0 Å². The molecule has 0 aliphatic heterocycles. The fourth-order valence-electron chi connectivity index (χ4n) is 0.777. The van der Waals surface area contributed by atoms with Gasteiger partial charge in [-0.1, -0.05) is 0 Å². The zero-order valence-electron chi connectivity index (χ0n) is 7.59. The molecule has 0 saturated heterocycles. The number of hydrogen-bond donors (Lipinski definition) is 1. The summed E-state index contributed by atoms with van der Waals surface area (Å²) >= 11 is 0.897. The maximum Gasteiger partial charge on any atom is 0.345 e. The Morgan fingerprint density at radius 1 is 1.50 bits per heavy atom. The summed E-state index contributed by atoms with van der Waals surface area (Å²) in [7, 11) is -0.717. The zero-order chi connectivity index (χ0) is 10.9. The van der Waals surface area contributed by atoms with Crippen molar-refractivity contribution in [3.63, 3.8) is 0 Å². The first kappa shape index (κ1) is 11.2. The highest BCUT2D eigenvalue weighted by atomic mass is 32.2. The Hall–Kier alpha value is -0.920. The molecule has 1 N–H and O–H groups in total. The molecular weight excluding hydrogens is 226 g/mol. The lowest BCUT2D eigenvalue weighted by Crippen LogP contribution is -2.21. The smallest absolute Gasteiger partial charge is 0.345 e. The summed E-state index contributed by atoms with van der Waals surface area (Å²) in [6.45, 7) is 0. The highest BCUT2D eigenvalue weighted by Crippen LogP contribution is 2.21. The Balaban J connectivity index is 3.16. The lowest BCUT2D eigenvalue weighted by atomic mass is 10.5. The number of sulfonamides is 1. The molecule has 78 valence electrons. The molecule has 1 rings (SSSR count). The van der Waals surface area contributed by atoms with E-state index in [9.17, 15) is 13.2 Å². The van der Waals surface area contributed by atoms with E-state index in [4.69, 9.17) is 5.11 Å². The third-order valence-corrected chi connectivity index (χ3v) is 4.43. The molecule has 0 bridgehead atoms. The molecule has 0 amide bonds. The van der Waals surface area contributed by atoms with Crippen LogP contribution in [0.1, 0.15) is 9.67 Å². The Morgan fingerprint density at radius 3 is 2.43 bits per heavy atom. The van der Waals surface area contributed by atoms with Crippen LogP contribution < -0.4 is 0 Å². The maximum atomic E-state index is 11.5. The minimum atomic E-state index is -3.51. The molecule has 0 atom stereocenters. The van der Waals surface area contributed by atoms with Crippen molar-refractivity contribution in [2.24, 2.45) is 0 Å². The van der Waals surface area contributed by atoms with Crippen LogP contribution in [0.3, 0.4) is 0 Å². The van der Waals surface area contributed by atoms with Gasteiger partial charge in [0.15, 0.2) is 0 Å². The molecule has 14 heavy (non-hydrogen) atoms. The van der Waals surface area contributed by atoms with Crippen LogP contribution in [0.4, 0.5) is 0 Å². The number of hydrogen-bond acceptors (Lipinski definition) is 4. The van der Waals surface area contributed by atoms with Crippen molar-refractivity contribution in [1.82, 2.24) is 4.31 Å². The average molecular weight is 235 g/mol. The van der Waals surface area contributed by atoms with Crippen molar-refractivity contribution >= 4 is 27.3 Å². The number of aromatic carboxylic acids is 1. The van der Waals surface area contributed by atoms with Crippen LogP contribution in [-0.4, -0.2) is 37.9 Å². The van der Waals surface area contributed by atoms with E-state index in [1.165, 1.54) is 19.5 Å². The van der Waals surface area contributed by atoms with Crippen molar-refractivity contribution in [2.45, 2.75) is 4.90 Å². The number of carboxylic acid groups (broad SMARTS) is 1. The minimum Gasteiger partial charge on any atom is -0.477 e. The van der Waals surface area contributed by atoms with Crippen molar-refractivity contribution in [3.8, 4) is 0 Å². The second-order valence-electron chi connectivity index (χ2n) is 2.74. The van der Waals surface area contributed by atoms with Crippen LogP contribution in [-0.2, 0) is 10.0 Å². The van der Waals surface area contributed by atoms with Gasteiger partial charge in [0, 0.05) is 19.5 Å². The molecule has 0 unspecified atom stereocenters. The molecule has 0 spiro atoms. The summed E-state index contributed by atoms with van der Waals surface area (Å²) in [4.78, 5) is 10.6. The Kier molecular flexibility index (Phi) is 2.93. The van der Waals surface area contributed by atoms with E-state index in [1.807, 2.05) is 0 Å². The van der Waals surface area contributed by atoms with Crippen LogP contribution in [0.15, 0.2) is 16.3 Å². The van der Waals surface area contributed by atoms with Crippen molar-refractivity contribution in [3.05, 3.63) is 16.3 Å². The second-order valence-corrected chi connectivity index (χ2v) is 5.80. The first-order chi connectivity index (χ1) is 6.35. The van der Waals surface area contributed by atoms with E-state index in [2.05, 4.69) is 0 Å². The predicted molar refractivity (Wildman–Crippen MR) is 52.2 cm³/mol. The Morgan fingerprint density at radius 2 is 2.07 bits per heavy atom. The highest BCUT2D eigenvalue weighted by molar-refractivity contribution is 7.89. The normalized spacial score (nSPS) is 11.9. The Labute approximate surface area is 85.6 Å². The lowest BCUT2D eigenvalue weighted by Gasteiger charge is -2.08. The molecule has 0 aromatic carbocycles. The molecule has 7 heteroatoms. The number of rotatable bonds is 3. The quantitative estimate of drug-likeness (QED) is 0.836. The predicted octanol–water partition coefficient (Wildman–Crippen LogP) is 0.697. The van der Waals surface area contributed by atoms with Gasteiger partial charge in [-0.2, -0.15) is 0 Å². The van der Waals surface area contributed by atoms with Gasteiger partial charge in [-0.25, -0.2) is 17.5 Å². The van der Waals surface area contributed by atoms with Gasteiger partial charge < -0.3 is 5.11 Å². The summed E-state index contributed by atoms with van der Waals surface area (Å²) in [6.07, 6.45) is 0. The fraction of sp³-hybridized carbons (Fsp3) is 0.286. The molecule has 1 aromatic rings. The first-order valence-electron chi connectivity index (χ1n) is 3.60. The first-order valence-corrected chi connectivity index (χ1v) is 5.92. The maximum absolute atomic E-state index is 11.5. The van der Waals surface area contributed by atoms with E-state index >= 15 is 0 Å². The molecule has 1 heterocycles. The van der Waals surface area contributed by atoms with Gasteiger partial charge in [-0.15, -0.1) is 11.3 Å². The summed E-state index contributed by atoms with van der Waals surface area (Å²) in [6, 6.07) is 1.16. The average Bonchev–Trinajstić information content (AvgIpc) is 2.51. The second kappa shape index (κ2) is 3.68. The van der Waals surface area contributed by atoms with Crippen LogP contribution in [0.5, 0.6) is 0 Å². The van der Waals surface area contributed by atoms with Crippen LogP contribution in [0.2, 0.25) is 0 Å². The van der Waals surface area contributed by atoms with Crippen LogP contribution >= 0.6 is 11.3 Å². The largest absolute Gasteiger partial charge is 0.477 e. The summed E-state index contributed by atoms with van der Waals surface area (Å²) < 4.78 is 24.1. The highest BCUT2D eigenvalue weighted by Gasteiger charge is 2.20. The van der Waals surface area contributed by atoms with E-state index in [0.717, 1.165) is 21.7 Å². The fourth-order valence-corrected chi connectivity index (χ4v) is 2.78. The van der Waals surface area contributed by atoms with Crippen molar-refractivity contribution in [1.29, 1.82) is 0 Å². The zero-order valence-corrected chi connectivity index (χ0v) is 9.22. The summed E-state index contributed by atoms with van der Waals surface area (Å²) in [5.74, 6) is -1.12. The molecule has 0 aliphatic rings. The molecule has 1 aromatic heterocycles. The number of thiophene rings is 1. The van der Waals surface area contributed by atoms with E-state index in [0.29, 0.717) is 0 Å². The molecule has 0 aliphatic carbocycles. The van der Waals surface area contributed by atoms with E-state index in [1.54, 1.807) is 0 Å². The van der Waals surface area contributed by atoms with Gasteiger partial charge in [-0.05, 0) is 6.07 Å². The van der Waals surface area contributed by atoms with Crippen molar-refractivity contribution in [2.75, 3.05) is 14.1 Å². The third-order valence-electron chi connectivity index (χ3n) is 1.56. The van der Waals surface area contributed by atoms with Gasteiger partial charge in [0.25, 0.3) is 0 Å². The molecule has 5 nitrogen and oxygen atoms in total. The van der Waals surface area contributed by atoms with Gasteiger partial charge in [-0.3, -0.25) is 0 Å².